The Balaban J connectivity index is 4.61. The van der Waals surface area contributed by atoms with Crippen molar-refractivity contribution >= 4 is 17.9 Å². The Morgan fingerprint density at radius 3 is 1.67 bits per heavy atom. The van der Waals surface area contributed by atoms with Gasteiger partial charge in [0.05, 0.1) is 40.3 Å². The fourth-order valence-corrected chi connectivity index (χ4v) is 4.78. The molecule has 0 aliphatic carbocycles. The van der Waals surface area contributed by atoms with Crippen LogP contribution in [-0.2, 0) is 28.6 Å². The van der Waals surface area contributed by atoms with Crippen molar-refractivity contribution in [1.82, 2.24) is 0 Å². The monoisotopic (exact) mass is 748 g/mol. The number of carboxylic acids is 1. The average Bonchev–Trinajstić information content (AvgIpc) is 3.12. The van der Waals surface area contributed by atoms with E-state index in [0.717, 1.165) is 51.4 Å². The lowest BCUT2D eigenvalue weighted by Gasteiger charge is -2.34. The van der Waals surface area contributed by atoms with Gasteiger partial charge < -0.3 is 28.6 Å². The Morgan fingerprint density at radius 2 is 1.09 bits per heavy atom. The molecule has 8 heteroatoms. The molecule has 0 amide bonds. The molecule has 2 atom stereocenters. The Hall–Kier alpha value is -4.27. The average molecular weight is 748 g/mol. The van der Waals surface area contributed by atoms with Gasteiger partial charge in [0, 0.05) is 19.3 Å². The summed E-state index contributed by atoms with van der Waals surface area (Å²) in [4.78, 5) is 36.7. The number of hydrogen-bond acceptors (Lipinski definition) is 7. The van der Waals surface area contributed by atoms with Crippen LogP contribution in [0.15, 0.2) is 122 Å². The van der Waals surface area contributed by atoms with E-state index in [9.17, 15) is 19.5 Å². The van der Waals surface area contributed by atoms with E-state index in [1.165, 1.54) is 0 Å². The molecule has 2 unspecified atom stereocenters. The number of ether oxygens (including phenoxy) is 3. The van der Waals surface area contributed by atoms with E-state index in [2.05, 4.69) is 62.5 Å². The molecule has 0 spiro atoms. The summed E-state index contributed by atoms with van der Waals surface area (Å²) < 4.78 is 17.0. The van der Waals surface area contributed by atoms with Gasteiger partial charge in [0.2, 0.25) is 0 Å². The van der Waals surface area contributed by atoms with E-state index in [4.69, 9.17) is 14.2 Å². The summed E-state index contributed by atoms with van der Waals surface area (Å²) in [6.07, 6.45) is 49.5. The van der Waals surface area contributed by atoms with Crippen LogP contribution in [0.1, 0.15) is 97.3 Å². The summed E-state index contributed by atoms with van der Waals surface area (Å²) in [5, 5.41) is 11.6. The molecular formula is C46H69NO7. The van der Waals surface area contributed by atoms with E-state index in [-0.39, 0.29) is 55.5 Å². The van der Waals surface area contributed by atoms with E-state index in [0.29, 0.717) is 12.8 Å². The van der Waals surface area contributed by atoms with Crippen LogP contribution in [0.25, 0.3) is 0 Å². The van der Waals surface area contributed by atoms with E-state index < -0.39 is 18.1 Å². The second kappa shape index (κ2) is 35.7. The largest absolute Gasteiger partial charge is 0.544 e. The number of quaternary nitrogens is 1. The van der Waals surface area contributed by atoms with Crippen LogP contribution in [0, 0.1) is 0 Å². The van der Waals surface area contributed by atoms with Crippen molar-refractivity contribution in [2.75, 3.05) is 41.0 Å². The van der Waals surface area contributed by atoms with Gasteiger partial charge in [-0.2, -0.15) is 0 Å². The number of hydrogen-bond donors (Lipinski definition) is 0. The Bertz CT molecular complexity index is 1290. The number of carbonyl (C=O) groups is 3. The number of unbranched alkanes of at least 4 members (excludes halogenated alkanes) is 4. The maximum atomic E-state index is 12.7. The van der Waals surface area contributed by atoms with Crippen LogP contribution in [0.2, 0.25) is 0 Å². The van der Waals surface area contributed by atoms with Crippen LogP contribution in [0.5, 0.6) is 0 Å². The first-order valence-electron chi connectivity index (χ1n) is 19.7. The number of nitrogens with zero attached hydrogens (tertiary/aromatic N) is 1. The smallest absolute Gasteiger partial charge is 0.306 e. The Kier molecular flexibility index (Phi) is 32.9. The third-order valence-electron chi connectivity index (χ3n) is 7.79. The molecule has 0 bridgehead atoms. The minimum Gasteiger partial charge on any atom is -0.544 e. The lowest BCUT2D eigenvalue weighted by molar-refractivity contribution is -0.889. The first-order chi connectivity index (χ1) is 26.1. The van der Waals surface area contributed by atoms with Crippen LogP contribution in [-0.4, -0.2) is 75.5 Å². The maximum absolute atomic E-state index is 12.7. The number of likely N-dealkylation sites (N-methyl/N-ethyl adjacent to an activating group) is 1. The molecule has 0 N–H and O–H groups in total. The number of carbonyl (C=O) groups excluding carboxylic acids is 3. The fourth-order valence-electron chi connectivity index (χ4n) is 4.78. The first-order valence-corrected chi connectivity index (χ1v) is 19.7. The van der Waals surface area contributed by atoms with E-state index in [1.807, 2.05) is 72.9 Å². The maximum Gasteiger partial charge on any atom is 0.306 e. The van der Waals surface area contributed by atoms with Gasteiger partial charge in [-0.3, -0.25) is 9.59 Å². The molecule has 0 aromatic carbocycles. The topological polar surface area (TPSA) is 102 Å². The standard InChI is InChI=1S/C46H69NO7/c1-6-8-10-12-14-16-18-19-20-21-22-23-24-25-27-29-31-33-35-37-45(49)54-42(40-52-39-38-43(46(50)51)47(3,4)5)41-53-44(48)36-34-32-30-28-26-17-15-13-11-9-7-2/h8-12,14-25,27-28,30,42-43H,6-7,13,26,29,31-41H2,1-5H3/b10-8+,11-9+,14-12+,17-15+,18-16+,20-19+,22-21+,24-23+,27-25+,30-28+. The van der Waals surface area contributed by atoms with Gasteiger partial charge in [0.1, 0.15) is 12.6 Å². The van der Waals surface area contributed by atoms with Crippen molar-refractivity contribution in [2.24, 2.45) is 0 Å². The van der Waals surface area contributed by atoms with Crippen molar-refractivity contribution in [1.29, 1.82) is 0 Å². The second-order valence-electron chi connectivity index (χ2n) is 13.6. The molecule has 0 aliphatic rings. The van der Waals surface area contributed by atoms with Crippen molar-refractivity contribution in [3.63, 3.8) is 0 Å². The van der Waals surface area contributed by atoms with Gasteiger partial charge in [-0.05, 0) is 57.8 Å². The second-order valence-corrected chi connectivity index (χ2v) is 13.6. The van der Waals surface area contributed by atoms with Crippen LogP contribution in [0.3, 0.4) is 0 Å². The number of allylic oxidation sites excluding steroid dienone is 20. The minimum absolute atomic E-state index is 0.00391. The lowest BCUT2D eigenvalue weighted by atomic mass is 10.1. The first kappa shape index (κ1) is 49.7. The summed E-state index contributed by atoms with van der Waals surface area (Å²) in [6.45, 7) is 4.24. The molecule has 54 heavy (non-hydrogen) atoms. The Labute approximate surface area is 327 Å². The van der Waals surface area contributed by atoms with Gasteiger partial charge in [0.15, 0.2) is 6.10 Å². The summed E-state index contributed by atoms with van der Waals surface area (Å²) in [5.74, 6) is -1.89. The summed E-state index contributed by atoms with van der Waals surface area (Å²) in [7, 11) is 5.34. The third-order valence-corrected chi connectivity index (χ3v) is 7.79. The quantitative estimate of drug-likeness (QED) is 0.0223. The molecule has 0 aliphatic heterocycles. The summed E-state index contributed by atoms with van der Waals surface area (Å²) in [5.41, 5.74) is 0. The molecule has 0 radical (unpaired) electrons. The van der Waals surface area contributed by atoms with Gasteiger partial charge in [-0.1, -0.05) is 142 Å². The zero-order valence-electron chi connectivity index (χ0n) is 33.8. The molecule has 0 aromatic heterocycles. The normalized spacial score (nSPS) is 14.3. The lowest BCUT2D eigenvalue weighted by Crippen LogP contribution is -2.55. The molecular weight excluding hydrogens is 679 g/mol. The highest BCUT2D eigenvalue weighted by Gasteiger charge is 2.25. The number of rotatable bonds is 32. The van der Waals surface area contributed by atoms with Crippen molar-refractivity contribution in [3.8, 4) is 0 Å². The summed E-state index contributed by atoms with van der Waals surface area (Å²) in [6, 6.07) is -0.749. The predicted molar refractivity (Wildman–Crippen MR) is 221 cm³/mol. The molecule has 0 heterocycles. The molecule has 0 rings (SSSR count). The minimum atomic E-state index is -1.15. The van der Waals surface area contributed by atoms with E-state index >= 15 is 0 Å². The highest BCUT2D eigenvalue weighted by Crippen LogP contribution is 2.10. The number of esters is 2. The SMILES string of the molecule is CC/C=C/C=C/C=C/C=C/C=C/C=C/C=C/CCCCCC(=O)OC(COCCC(C(=O)[O-])[N+](C)(C)C)COC(=O)CCC/C=C/C/C=C/C/C=C/CC. The highest BCUT2D eigenvalue weighted by molar-refractivity contribution is 5.70. The number of carboxylic acid groups (broad SMARTS) is 1. The molecule has 0 fully saturated rings. The van der Waals surface area contributed by atoms with Crippen LogP contribution in [0.4, 0.5) is 0 Å². The zero-order chi connectivity index (χ0) is 40.0. The van der Waals surface area contributed by atoms with Gasteiger partial charge in [-0.15, -0.1) is 0 Å². The highest BCUT2D eigenvalue weighted by atomic mass is 16.6. The van der Waals surface area contributed by atoms with Crippen molar-refractivity contribution in [2.45, 2.75) is 109 Å². The fraction of sp³-hybridized carbons (Fsp3) is 0.500. The summed E-state index contributed by atoms with van der Waals surface area (Å²) >= 11 is 0. The third kappa shape index (κ3) is 33.6. The predicted octanol–water partition coefficient (Wildman–Crippen LogP) is 8.96. The molecule has 8 nitrogen and oxygen atoms in total. The molecule has 0 saturated carbocycles. The molecule has 0 saturated heterocycles. The van der Waals surface area contributed by atoms with Gasteiger partial charge in [0.25, 0.3) is 0 Å². The van der Waals surface area contributed by atoms with Crippen molar-refractivity contribution in [3.05, 3.63) is 122 Å². The van der Waals surface area contributed by atoms with Gasteiger partial charge >= 0.3 is 11.9 Å². The van der Waals surface area contributed by atoms with Crippen LogP contribution >= 0.6 is 0 Å². The van der Waals surface area contributed by atoms with E-state index in [1.54, 1.807) is 21.1 Å². The van der Waals surface area contributed by atoms with Gasteiger partial charge in [-0.25, -0.2) is 0 Å². The Morgan fingerprint density at radius 1 is 0.574 bits per heavy atom. The zero-order valence-corrected chi connectivity index (χ0v) is 33.8. The molecule has 0 aromatic rings. The van der Waals surface area contributed by atoms with Crippen LogP contribution < -0.4 is 5.11 Å². The molecule has 300 valence electrons. The van der Waals surface area contributed by atoms with Crippen molar-refractivity contribution < 1.29 is 38.2 Å². The number of aliphatic carboxylic acids is 1.